The summed E-state index contributed by atoms with van der Waals surface area (Å²) in [6, 6.07) is 0.514. The number of hydrogen-bond acceptors (Lipinski definition) is 5. The molecular formula is C18H22BrFN4O4. The molecule has 1 aromatic carbocycles. The number of aromatic amines is 1. The number of carbonyl (C=O) groups is 2. The minimum Gasteiger partial charge on any atom is -0.444 e. The van der Waals surface area contributed by atoms with Gasteiger partial charge in [0.1, 0.15) is 11.4 Å². The summed E-state index contributed by atoms with van der Waals surface area (Å²) in [4.78, 5) is 28.3. The summed E-state index contributed by atoms with van der Waals surface area (Å²) in [6.07, 6.45) is 0.937. The van der Waals surface area contributed by atoms with E-state index in [1.165, 1.54) is 16.0 Å². The molecule has 1 aliphatic rings. The molecule has 0 saturated carbocycles. The number of benzene rings is 1. The molecule has 0 aliphatic carbocycles. The Bertz CT molecular complexity index is 911. The number of halogens is 2. The number of nitrogens with zero attached hydrogens (tertiary/aromatic N) is 3. The predicted molar refractivity (Wildman–Crippen MR) is 103 cm³/mol. The Morgan fingerprint density at radius 3 is 2.79 bits per heavy atom. The van der Waals surface area contributed by atoms with E-state index in [9.17, 15) is 19.1 Å². The molecule has 0 radical (unpaired) electrons. The summed E-state index contributed by atoms with van der Waals surface area (Å²) in [5.74, 6) is -1.02. The average Bonchev–Trinajstić information content (AvgIpc) is 3.12. The lowest BCUT2D eigenvalue weighted by atomic mass is 10.1. The van der Waals surface area contributed by atoms with Gasteiger partial charge in [-0.15, -0.1) is 0 Å². The summed E-state index contributed by atoms with van der Waals surface area (Å²) >= 11 is 3.15. The van der Waals surface area contributed by atoms with Crippen LogP contribution < -0.4 is 0 Å². The van der Waals surface area contributed by atoms with Crippen LogP contribution in [0.15, 0.2) is 16.7 Å². The number of aliphatic hydroxyl groups excluding tert-OH is 1. The third-order valence-corrected chi connectivity index (χ3v) is 5.27. The van der Waals surface area contributed by atoms with Gasteiger partial charge in [0.2, 0.25) is 0 Å². The predicted octanol–water partition coefficient (Wildman–Crippen LogP) is 2.52. The van der Waals surface area contributed by atoms with E-state index >= 15 is 0 Å². The van der Waals surface area contributed by atoms with E-state index in [1.807, 2.05) is 0 Å². The van der Waals surface area contributed by atoms with E-state index in [0.29, 0.717) is 10.9 Å². The van der Waals surface area contributed by atoms with Crippen LogP contribution in [0, 0.1) is 5.82 Å². The second-order valence-electron chi connectivity index (χ2n) is 7.64. The number of hydrogen-bond donors (Lipinski definition) is 2. The Kier molecular flexibility index (Phi) is 5.62. The van der Waals surface area contributed by atoms with E-state index in [4.69, 9.17) is 4.74 Å². The lowest BCUT2D eigenvalue weighted by Crippen LogP contribution is -2.58. The monoisotopic (exact) mass is 456 g/mol. The fourth-order valence-corrected chi connectivity index (χ4v) is 3.56. The molecular weight excluding hydrogens is 435 g/mol. The number of aliphatic hydroxyl groups is 1. The number of amides is 2. The van der Waals surface area contributed by atoms with Crippen molar-refractivity contribution in [1.82, 2.24) is 20.0 Å². The summed E-state index contributed by atoms with van der Waals surface area (Å²) in [5, 5.41) is 16.9. The number of piperazine rings is 1. The molecule has 0 spiro atoms. The van der Waals surface area contributed by atoms with Crippen LogP contribution >= 0.6 is 15.9 Å². The zero-order valence-electron chi connectivity index (χ0n) is 15.8. The summed E-state index contributed by atoms with van der Waals surface area (Å²) in [6.45, 7) is 5.54. The van der Waals surface area contributed by atoms with E-state index in [1.54, 1.807) is 20.8 Å². The highest BCUT2D eigenvalue weighted by atomic mass is 79.9. The van der Waals surface area contributed by atoms with Crippen molar-refractivity contribution in [3.05, 3.63) is 28.1 Å². The second kappa shape index (κ2) is 7.67. The maximum atomic E-state index is 14.2. The van der Waals surface area contributed by atoms with Crippen LogP contribution in [-0.4, -0.2) is 75.0 Å². The van der Waals surface area contributed by atoms with Crippen molar-refractivity contribution in [2.24, 2.45) is 0 Å². The van der Waals surface area contributed by atoms with E-state index < -0.39 is 29.5 Å². The van der Waals surface area contributed by atoms with Crippen LogP contribution in [0.3, 0.4) is 0 Å². The first-order valence-electron chi connectivity index (χ1n) is 8.83. The third kappa shape index (κ3) is 3.97. The topological polar surface area (TPSA) is 98.8 Å². The fraction of sp³-hybridized carbons (Fsp3) is 0.500. The van der Waals surface area contributed by atoms with Gasteiger partial charge in [0, 0.05) is 25.0 Å². The summed E-state index contributed by atoms with van der Waals surface area (Å²) < 4.78 is 19.8. The standard InChI is InChI=1S/C18H22BrFN4O4/c1-18(2,3)28-17(27)23-4-5-24(10(8-23)9-25)16(26)11-6-13(20)14(19)12-7-21-22-15(11)12/h6-7,10,25H,4-5,8-9H2,1-3H3,(H,21,22)/t10-/m1/s1. The molecule has 1 aliphatic heterocycles. The number of carbonyl (C=O) groups excluding carboxylic acids is 2. The van der Waals surface area contributed by atoms with Gasteiger partial charge in [-0.3, -0.25) is 9.89 Å². The van der Waals surface area contributed by atoms with Crippen molar-refractivity contribution < 1.29 is 23.8 Å². The summed E-state index contributed by atoms with van der Waals surface area (Å²) in [7, 11) is 0. The van der Waals surface area contributed by atoms with E-state index in [2.05, 4.69) is 26.1 Å². The number of fused-ring (bicyclic) bond motifs is 1. The minimum atomic E-state index is -0.639. The van der Waals surface area contributed by atoms with Gasteiger partial charge in [0.25, 0.3) is 5.91 Å². The maximum absolute atomic E-state index is 14.2. The van der Waals surface area contributed by atoms with Crippen molar-refractivity contribution in [2.75, 3.05) is 26.2 Å². The number of H-pyrrole nitrogens is 1. The lowest BCUT2D eigenvalue weighted by molar-refractivity contribution is -0.00239. The number of ether oxygens (including phenoxy) is 1. The molecule has 28 heavy (non-hydrogen) atoms. The van der Waals surface area contributed by atoms with Gasteiger partial charge in [-0.05, 0) is 42.8 Å². The normalized spacial score (nSPS) is 17.9. The van der Waals surface area contributed by atoms with Crippen LogP contribution in [0.5, 0.6) is 0 Å². The van der Waals surface area contributed by atoms with Crippen molar-refractivity contribution >= 4 is 38.8 Å². The molecule has 10 heteroatoms. The van der Waals surface area contributed by atoms with Crippen LogP contribution in [-0.2, 0) is 4.74 Å². The number of rotatable bonds is 2. The van der Waals surface area contributed by atoms with Crippen LogP contribution in [0.1, 0.15) is 31.1 Å². The van der Waals surface area contributed by atoms with E-state index in [-0.39, 0.29) is 36.3 Å². The Morgan fingerprint density at radius 1 is 1.43 bits per heavy atom. The second-order valence-corrected chi connectivity index (χ2v) is 8.43. The van der Waals surface area contributed by atoms with Crippen molar-refractivity contribution in [3.63, 3.8) is 0 Å². The zero-order valence-corrected chi connectivity index (χ0v) is 17.4. The molecule has 2 aromatic rings. The first-order valence-corrected chi connectivity index (χ1v) is 9.62. The first kappa shape index (κ1) is 20.5. The van der Waals surface area contributed by atoms with Crippen LogP contribution in [0.25, 0.3) is 10.9 Å². The Morgan fingerprint density at radius 2 is 2.14 bits per heavy atom. The lowest BCUT2D eigenvalue weighted by Gasteiger charge is -2.41. The fourth-order valence-electron chi connectivity index (χ4n) is 3.14. The molecule has 2 N–H and O–H groups in total. The Hall–Kier alpha value is -2.20. The van der Waals surface area contributed by atoms with Crippen LogP contribution in [0.4, 0.5) is 9.18 Å². The quantitative estimate of drug-likeness (QED) is 0.723. The smallest absolute Gasteiger partial charge is 0.410 e. The van der Waals surface area contributed by atoms with Gasteiger partial charge < -0.3 is 19.6 Å². The molecule has 2 heterocycles. The SMILES string of the molecule is CC(C)(C)OC(=O)N1CCN(C(=O)c2cc(F)c(Br)c3cn[nH]c23)[C@@H](CO)C1. The maximum Gasteiger partial charge on any atom is 0.410 e. The Labute approximate surface area is 169 Å². The van der Waals surface area contributed by atoms with Gasteiger partial charge in [0.05, 0.1) is 34.4 Å². The molecule has 2 amide bonds. The largest absolute Gasteiger partial charge is 0.444 e. The van der Waals surface area contributed by atoms with Crippen molar-refractivity contribution in [1.29, 1.82) is 0 Å². The molecule has 1 saturated heterocycles. The Balaban J connectivity index is 1.83. The van der Waals surface area contributed by atoms with Gasteiger partial charge in [0.15, 0.2) is 0 Å². The third-order valence-electron chi connectivity index (χ3n) is 4.46. The molecule has 3 rings (SSSR count). The average molecular weight is 457 g/mol. The molecule has 0 unspecified atom stereocenters. The molecule has 1 aromatic heterocycles. The summed E-state index contributed by atoms with van der Waals surface area (Å²) in [5.41, 5.74) is -0.109. The van der Waals surface area contributed by atoms with Gasteiger partial charge in [-0.1, -0.05) is 0 Å². The highest BCUT2D eigenvalue weighted by Gasteiger charge is 2.35. The minimum absolute atomic E-state index is 0.123. The van der Waals surface area contributed by atoms with Crippen molar-refractivity contribution in [3.8, 4) is 0 Å². The molecule has 1 fully saturated rings. The highest BCUT2D eigenvalue weighted by molar-refractivity contribution is 9.10. The highest BCUT2D eigenvalue weighted by Crippen LogP contribution is 2.30. The number of aromatic nitrogens is 2. The van der Waals surface area contributed by atoms with Gasteiger partial charge >= 0.3 is 6.09 Å². The van der Waals surface area contributed by atoms with Gasteiger partial charge in [-0.25, -0.2) is 9.18 Å². The molecule has 0 bridgehead atoms. The van der Waals surface area contributed by atoms with Gasteiger partial charge in [-0.2, -0.15) is 5.10 Å². The zero-order chi connectivity index (χ0) is 20.6. The number of nitrogens with one attached hydrogen (secondary N) is 1. The molecule has 8 nitrogen and oxygen atoms in total. The first-order chi connectivity index (χ1) is 13.1. The van der Waals surface area contributed by atoms with E-state index in [0.717, 1.165) is 6.07 Å². The van der Waals surface area contributed by atoms with Crippen molar-refractivity contribution in [2.45, 2.75) is 32.4 Å². The van der Waals surface area contributed by atoms with Crippen LogP contribution in [0.2, 0.25) is 0 Å². The molecule has 152 valence electrons. The molecule has 1 atom stereocenters.